The van der Waals surface area contributed by atoms with Crippen LogP contribution in [0, 0.1) is 11.7 Å². The normalized spacial score (nSPS) is 20.6. The third-order valence-corrected chi connectivity index (χ3v) is 11.9. The van der Waals surface area contributed by atoms with E-state index in [4.69, 9.17) is 21.1 Å². The van der Waals surface area contributed by atoms with Crippen LogP contribution < -0.4 is 9.46 Å². The summed E-state index contributed by atoms with van der Waals surface area (Å²) in [4.78, 5) is 15.7. The fourth-order valence-corrected chi connectivity index (χ4v) is 7.77. The molecular formula is C34H43ClFN3O8S2. The number of halogens is 2. The van der Waals surface area contributed by atoms with E-state index in [9.17, 15) is 31.1 Å². The summed E-state index contributed by atoms with van der Waals surface area (Å²) in [7, 11) is -6.55. The summed E-state index contributed by atoms with van der Waals surface area (Å²) in [5.41, 5.74) is 0.143. The highest BCUT2D eigenvalue weighted by atomic mass is 35.5. The summed E-state index contributed by atoms with van der Waals surface area (Å²) >= 11 is 5.97. The maximum Gasteiger partial charge on any atom is 0.261 e. The Hall–Kier alpha value is -3.27. The molecule has 4 atom stereocenters. The second-order valence-electron chi connectivity index (χ2n) is 12.3. The number of hydrogen-bond acceptors (Lipinski definition) is 8. The van der Waals surface area contributed by atoms with E-state index < -0.39 is 49.8 Å². The highest BCUT2D eigenvalue weighted by Crippen LogP contribution is 2.30. The molecule has 0 unspecified atom stereocenters. The monoisotopic (exact) mass is 739 g/mol. The largest absolute Gasteiger partial charge is 0.490 e. The third kappa shape index (κ3) is 9.92. The summed E-state index contributed by atoms with van der Waals surface area (Å²) in [6, 6.07) is 13.9. The molecule has 1 aliphatic heterocycles. The topological polar surface area (TPSA) is 143 Å². The number of anilines is 1. The van der Waals surface area contributed by atoms with Crippen molar-refractivity contribution in [1.29, 1.82) is 0 Å². The molecule has 2 N–H and O–H groups in total. The Balaban J connectivity index is 1.67. The van der Waals surface area contributed by atoms with Crippen molar-refractivity contribution >= 4 is 43.2 Å². The van der Waals surface area contributed by atoms with Gasteiger partial charge in [-0.3, -0.25) is 9.52 Å². The minimum atomic E-state index is -4.13. The van der Waals surface area contributed by atoms with Gasteiger partial charge < -0.3 is 19.5 Å². The standard InChI is InChI=1S/C34H43ClFN3O8S2/c1-23-20-39(24(2)22-40)34(41)31-19-28(37-48(42,43)29-15-10-27(36)11-16-29)12-17-32(31)47-25(3)7-5-6-18-46-33(23)21-38(4)49(44,45)30-13-8-26(35)9-14-30/h8-17,19,23-25,33,37,40H,5-7,18,20-22H2,1-4H3/t23-,24-,25-,33+/m1/s1. The van der Waals surface area contributed by atoms with Crippen LogP contribution in [-0.2, 0) is 24.8 Å². The number of nitrogens with one attached hydrogen (secondary N) is 1. The van der Waals surface area contributed by atoms with Crippen molar-refractivity contribution < 1.29 is 40.6 Å². The van der Waals surface area contributed by atoms with Crippen molar-refractivity contribution in [3.63, 3.8) is 0 Å². The average molecular weight is 740 g/mol. The second kappa shape index (κ2) is 16.6. The molecule has 1 heterocycles. The van der Waals surface area contributed by atoms with Gasteiger partial charge in [-0.05, 0) is 99.8 Å². The van der Waals surface area contributed by atoms with Gasteiger partial charge in [0.2, 0.25) is 10.0 Å². The zero-order valence-electron chi connectivity index (χ0n) is 27.9. The van der Waals surface area contributed by atoms with Crippen LogP contribution in [0.4, 0.5) is 10.1 Å². The minimum Gasteiger partial charge on any atom is -0.490 e. The van der Waals surface area contributed by atoms with Gasteiger partial charge in [0.25, 0.3) is 15.9 Å². The van der Waals surface area contributed by atoms with Crippen LogP contribution in [0.5, 0.6) is 5.75 Å². The molecule has 11 nitrogen and oxygen atoms in total. The van der Waals surface area contributed by atoms with Gasteiger partial charge in [0.15, 0.2) is 0 Å². The number of fused-ring (bicyclic) bond motifs is 1. The van der Waals surface area contributed by atoms with E-state index in [0.717, 1.165) is 30.7 Å². The fraction of sp³-hybridized carbons (Fsp3) is 0.441. The number of carbonyl (C=O) groups excluding carboxylic acids is 1. The van der Waals surface area contributed by atoms with Crippen molar-refractivity contribution in [2.24, 2.45) is 5.92 Å². The van der Waals surface area contributed by atoms with E-state index in [1.807, 2.05) is 13.8 Å². The van der Waals surface area contributed by atoms with Gasteiger partial charge in [0, 0.05) is 43.4 Å². The summed E-state index contributed by atoms with van der Waals surface area (Å²) < 4.78 is 82.6. The Kier molecular flexibility index (Phi) is 13.1. The van der Waals surface area contributed by atoms with Gasteiger partial charge in [-0.2, -0.15) is 4.31 Å². The number of carbonyl (C=O) groups is 1. The quantitative estimate of drug-likeness (QED) is 0.297. The first-order valence-corrected chi connectivity index (χ1v) is 19.3. The molecule has 0 fully saturated rings. The number of likely N-dealkylation sites (N-methyl/N-ethyl adjacent to an activating group) is 1. The number of benzene rings is 3. The number of hydrogen-bond donors (Lipinski definition) is 2. The lowest BCUT2D eigenvalue weighted by Gasteiger charge is -2.35. The van der Waals surface area contributed by atoms with Crippen LogP contribution in [0.2, 0.25) is 5.02 Å². The molecule has 1 aliphatic rings. The van der Waals surface area contributed by atoms with E-state index in [1.54, 1.807) is 6.92 Å². The lowest BCUT2D eigenvalue weighted by Crippen LogP contribution is -2.48. The smallest absolute Gasteiger partial charge is 0.261 e. The maximum absolute atomic E-state index is 14.3. The highest BCUT2D eigenvalue weighted by molar-refractivity contribution is 7.92. The Labute approximate surface area is 293 Å². The van der Waals surface area contributed by atoms with Gasteiger partial charge in [0.05, 0.1) is 40.2 Å². The average Bonchev–Trinajstić information content (AvgIpc) is 3.06. The van der Waals surface area contributed by atoms with Crippen LogP contribution in [0.15, 0.2) is 76.5 Å². The number of nitrogens with zero attached hydrogens (tertiary/aromatic N) is 2. The molecule has 49 heavy (non-hydrogen) atoms. The summed E-state index contributed by atoms with van der Waals surface area (Å²) in [6.45, 7) is 5.42. The molecule has 0 saturated carbocycles. The summed E-state index contributed by atoms with van der Waals surface area (Å²) in [5.74, 6) is -1.29. The van der Waals surface area contributed by atoms with Crippen molar-refractivity contribution in [2.75, 3.05) is 38.1 Å². The molecule has 3 aromatic rings. The fourth-order valence-electron chi connectivity index (χ4n) is 5.41. The Morgan fingerprint density at radius 1 is 1.02 bits per heavy atom. The van der Waals surface area contributed by atoms with Gasteiger partial charge in [-0.1, -0.05) is 18.5 Å². The predicted octanol–water partition coefficient (Wildman–Crippen LogP) is 5.40. The first-order valence-electron chi connectivity index (χ1n) is 16.0. The Bertz CT molecular complexity index is 1790. The van der Waals surface area contributed by atoms with Crippen LogP contribution >= 0.6 is 11.6 Å². The molecule has 0 saturated heterocycles. The van der Waals surface area contributed by atoms with E-state index >= 15 is 0 Å². The van der Waals surface area contributed by atoms with Gasteiger partial charge in [0.1, 0.15) is 11.6 Å². The number of aliphatic hydroxyl groups is 1. The zero-order valence-corrected chi connectivity index (χ0v) is 30.3. The second-order valence-corrected chi connectivity index (χ2v) is 16.5. The van der Waals surface area contributed by atoms with Crippen molar-refractivity contribution in [1.82, 2.24) is 9.21 Å². The molecule has 0 radical (unpaired) electrons. The van der Waals surface area contributed by atoms with Gasteiger partial charge in [-0.25, -0.2) is 21.2 Å². The minimum absolute atomic E-state index is 0.00687. The highest BCUT2D eigenvalue weighted by Gasteiger charge is 2.32. The van der Waals surface area contributed by atoms with E-state index in [0.29, 0.717) is 24.5 Å². The number of rotatable bonds is 9. The molecular weight excluding hydrogens is 697 g/mol. The zero-order chi connectivity index (χ0) is 35.9. The van der Waals surface area contributed by atoms with Crippen LogP contribution in [0.1, 0.15) is 50.4 Å². The van der Waals surface area contributed by atoms with Crippen molar-refractivity contribution in [2.45, 2.75) is 68.1 Å². The summed E-state index contributed by atoms with van der Waals surface area (Å²) in [5, 5.41) is 10.6. The first-order chi connectivity index (χ1) is 23.1. The third-order valence-electron chi connectivity index (χ3n) is 8.39. The lowest BCUT2D eigenvalue weighted by molar-refractivity contribution is -0.00833. The summed E-state index contributed by atoms with van der Waals surface area (Å²) in [6.07, 6.45) is 1.09. The SMILES string of the molecule is C[C@@H]1CCCCO[C@@H](CN(C)S(=O)(=O)c2ccc(Cl)cc2)[C@H](C)CN([C@H](C)CO)C(=O)c2cc(NS(=O)(=O)c3ccc(F)cc3)ccc2O1. The number of aliphatic hydroxyl groups excluding tert-OH is 1. The Morgan fingerprint density at radius 3 is 2.33 bits per heavy atom. The number of ether oxygens (including phenoxy) is 2. The molecule has 0 aromatic heterocycles. The molecule has 1 amide bonds. The van der Waals surface area contributed by atoms with E-state index in [2.05, 4.69) is 4.72 Å². The first kappa shape index (κ1) is 38.5. The van der Waals surface area contributed by atoms with Crippen LogP contribution in [0.3, 0.4) is 0 Å². The molecule has 0 spiro atoms. The molecule has 15 heteroatoms. The predicted molar refractivity (Wildman–Crippen MR) is 185 cm³/mol. The van der Waals surface area contributed by atoms with Gasteiger partial charge in [-0.15, -0.1) is 0 Å². The maximum atomic E-state index is 14.3. The van der Waals surface area contributed by atoms with Crippen LogP contribution in [0.25, 0.3) is 0 Å². The molecule has 0 aliphatic carbocycles. The Morgan fingerprint density at radius 2 is 1.67 bits per heavy atom. The lowest BCUT2D eigenvalue weighted by atomic mass is 10.0. The number of amides is 1. The van der Waals surface area contributed by atoms with E-state index in [-0.39, 0.29) is 52.6 Å². The molecule has 4 rings (SSSR count). The van der Waals surface area contributed by atoms with E-state index in [1.165, 1.54) is 58.7 Å². The number of sulfonamides is 2. The van der Waals surface area contributed by atoms with Gasteiger partial charge >= 0.3 is 0 Å². The van der Waals surface area contributed by atoms with Crippen molar-refractivity contribution in [3.05, 3.63) is 83.1 Å². The van der Waals surface area contributed by atoms with Crippen LogP contribution in [-0.4, -0.2) is 88.7 Å². The van der Waals surface area contributed by atoms with Crippen molar-refractivity contribution in [3.8, 4) is 5.75 Å². The molecule has 268 valence electrons. The molecule has 0 bridgehead atoms. The molecule has 3 aromatic carbocycles.